The van der Waals surface area contributed by atoms with E-state index in [1.54, 1.807) is 18.2 Å². The van der Waals surface area contributed by atoms with Gasteiger partial charge in [-0.25, -0.2) is 4.21 Å². The van der Waals surface area contributed by atoms with Gasteiger partial charge in [0, 0.05) is 0 Å². The van der Waals surface area contributed by atoms with Crippen molar-refractivity contribution in [3.8, 4) is 0 Å². The van der Waals surface area contributed by atoms with Gasteiger partial charge in [-0.1, -0.05) is 82.7 Å². The number of hydrogen-bond donors (Lipinski definition) is 1. The maximum atomic E-state index is 10.6. The van der Waals surface area contributed by atoms with Crippen LogP contribution in [0.2, 0.25) is 0 Å². The van der Waals surface area contributed by atoms with Gasteiger partial charge >= 0.3 is 0 Å². The van der Waals surface area contributed by atoms with Crippen molar-refractivity contribution in [2.24, 2.45) is 0 Å². The van der Waals surface area contributed by atoms with Gasteiger partial charge in [0.1, 0.15) is 0 Å². The average molecular weight is 363 g/mol. The maximum absolute atomic E-state index is 10.6. The molecule has 2 rings (SSSR count). The molecule has 0 spiro atoms. The molecule has 0 saturated carbocycles. The van der Waals surface area contributed by atoms with Crippen LogP contribution in [0.15, 0.2) is 66.1 Å². The fraction of sp³-hybridized carbons (Fsp3) is 0.364. The molecule has 0 radical (unpaired) electrons. The molecule has 0 amide bonds. The van der Waals surface area contributed by atoms with Crippen LogP contribution < -0.4 is 0 Å². The third-order valence-electron chi connectivity index (χ3n) is 3.03. The summed E-state index contributed by atoms with van der Waals surface area (Å²) < 4.78 is 19.3. The Hall–Kier alpha value is -1.71. The zero-order valence-electron chi connectivity index (χ0n) is 15.3. The molecule has 0 aromatic heterocycles. The molecule has 140 valence electrons. The second-order valence-corrected chi connectivity index (χ2v) is 6.40. The van der Waals surface area contributed by atoms with E-state index in [9.17, 15) is 4.21 Å². The van der Waals surface area contributed by atoms with E-state index in [0.717, 1.165) is 18.4 Å². The molecule has 0 saturated heterocycles. The molecule has 2 nitrogen and oxygen atoms in total. The summed E-state index contributed by atoms with van der Waals surface area (Å²) in [5, 5.41) is 0. The molecule has 0 fully saturated rings. The fourth-order valence-corrected chi connectivity index (χ4v) is 2.10. The minimum atomic E-state index is -1.87. The van der Waals surface area contributed by atoms with Crippen LogP contribution in [0, 0.1) is 6.92 Å². The first-order chi connectivity index (χ1) is 11.5. The Morgan fingerprint density at radius 1 is 0.960 bits per heavy atom. The lowest BCUT2D eigenvalue weighted by molar-refractivity contribution is 0.564. The van der Waals surface area contributed by atoms with E-state index in [-0.39, 0.29) is 7.43 Å². The number of allylic oxidation sites excluding steroid dienone is 1. The van der Waals surface area contributed by atoms with Gasteiger partial charge in [0.05, 0.1) is 4.90 Å². The molecule has 3 heteroatoms. The molecule has 0 aliphatic carbocycles. The topological polar surface area (TPSA) is 37.3 Å². The lowest BCUT2D eigenvalue weighted by Gasteiger charge is -1.97. The zero-order chi connectivity index (χ0) is 18.4. The standard InChI is InChI=1S/C9H10O2S.C9H12.C3H8.CH4/c1-2-3-8-4-6-9(7-5-8)12(10)11;1-3-9-6-4-8(2)5-7-9;1-3-2;/h2,4-7H,1,3H2,(H,10,11);4-7H,3H2,1-2H3;3H2,1-2H3;1H4. The molecular weight excluding hydrogens is 328 g/mol. The van der Waals surface area contributed by atoms with Crippen LogP contribution in [0.3, 0.4) is 0 Å². The molecule has 0 aliphatic heterocycles. The van der Waals surface area contributed by atoms with E-state index in [2.05, 4.69) is 58.5 Å². The van der Waals surface area contributed by atoms with Crippen LogP contribution in [0.1, 0.15) is 51.3 Å². The molecular formula is C22H34O2S. The van der Waals surface area contributed by atoms with Gasteiger partial charge in [0.2, 0.25) is 0 Å². The predicted octanol–water partition coefficient (Wildman–Crippen LogP) is 6.61. The first-order valence-corrected chi connectivity index (χ1v) is 9.45. The quantitative estimate of drug-likeness (QED) is 0.491. The highest BCUT2D eigenvalue weighted by Crippen LogP contribution is 2.07. The van der Waals surface area contributed by atoms with Crippen LogP contribution in [0.5, 0.6) is 0 Å². The summed E-state index contributed by atoms with van der Waals surface area (Å²) in [7, 11) is 0. The summed E-state index contributed by atoms with van der Waals surface area (Å²) in [6, 6.07) is 15.6. The van der Waals surface area contributed by atoms with Gasteiger partial charge in [-0.3, -0.25) is 0 Å². The monoisotopic (exact) mass is 362 g/mol. The summed E-state index contributed by atoms with van der Waals surface area (Å²) in [6.07, 6.45) is 4.98. The highest BCUT2D eigenvalue weighted by atomic mass is 32.2. The van der Waals surface area contributed by atoms with Crippen LogP contribution in [-0.2, 0) is 23.9 Å². The van der Waals surface area contributed by atoms with E-state index in [1.807, 2.05) is 12.1 Å². The predicted molar refractivity (Wildman–Crippen MR) is 113 cm³/mol. The van der Waals surface area contributed by atoms with E-state index in [0.29, 0.717) is 4.90 Å². The van der Waals surface area contributed by atoms with Gasteiger partial charge < -0.3 is 4.55 Å². The van der Waals surface area contributed by atoms with Crippen LogP contribution in [0.4, 0.5) is 0 Å². The summed E-state index contributed by atoms with van der Waals surface area (Å²) in [4.78, 5) is 0.433. The van der Waals surface area contributed by atoms with Crippen molar-refractivity contribution in [3.63, 3.8) is 0 Å². The van der Waals surface area contributed by atoms with E-state index < -0.39 is 11.1 Å². The van der Waals surface area contributed by atoms with Crippen molar-refractivity contribution >= 4 is 11.1 Å². The van der Waals surface area contributed by atoms with Crippen LogP contribution >= 0.6 is 0 Å². The third kappa shape index (κ3) is 12.3. The summed E-state index contributed by atoms with van der Waals surface area (Å²) >= 11 is -1.87. The first kappa shape index (κ1) is 25.5. The van der Waals surface area contributed by atoms with Crippen molar-refractivity contribution < 1.29 is 8.76 Å². The van der Waals surface area contributed by atoms with Gasteiger partial charge in [-0.05, 0) is 43.0 Å². The van der Waals surface area contributed by atoms with E-state index >= 15 is 0 Å². The lowest BCUT2D eigenvalue weighted by atomic mass is 10.1. The van der Waals surface area contributed by atoms with Crippen molar-refractivity contribution in [2.45, 2.75) is 59.3 Å². The minimum absolute atomic E-state index is 0. The third-order valence-corrected chi connectivity index (χ3v) is 3.71. The molecule has 1 N–H and O–H groups in total. The van der Waals surface area contributed by atoms with Gasteiger partial charge in [0.25, 0.3) is 0 Å². The second kappa shape index (κ2) is 15.8. The van der Waals surface area contributed by atoms with E-state index in [4.69, 9.17) is 4.55 Å². The summed E-state index contributed by atoms with van der Waals surface area (Å²) in [5.74, 6) is 0. The number of benzene rings is 2. The summed E-state index contributed by atoms with van der Waals surface area (Å²) in [6.45, 7) is 12.1. The van der Waals surface area contributed by atoms with Gasteiger partial charge in [-0.2, -0.15) is 0 Å². The molecule has 25 heavy (non-hydrogen) atoms. The Morgan fingerprint density at radius 2 is 1.40 bits per heavy atom. The normalized spacial score (nSPS) is 10.1. The van der Waals surface area contributed by atoms with Crippen molar-refractivity contribution in [2.75, 3.05) is 0 Å². The molecule has 1 atom stereocenters. The van der Waals surface area contributed by atoms with Crippen LogP contribution in [0.25, 0.3) is 0 Å². The smallest absolute Gasteiger partial charge is 0.186 e. The maximum Gasteiger partial charge on any atom is 0.186 e. The zero-order valence-corrected chi connectivity index (χ0v) is 16.1. The Bertz CT molecular complexity index is 586. The highest BCUT2D eigenvalue weighted by Gasteiger charge is 1.97. The van der Waals surface area contributed by atoms with Gasteiger partial charge in [-0.15, -0.1) is 6.58 Å². The Labute approximate surface area is 157 Å². The molecule has 1 unspecified atom stereocenters. The van der Waals surface area contributed by atoms with Crippen LogP contribution in [-0.4, -0.2) is 8.76 Å². The van der Waals surface area contributed by atoms with Crippen molar-refractivity contribution in [1.82, 2.24) is 0 Å². The molecule has 0 heterocycles. The number of hydrogen-bond acceptors (Lipinski definition) is 1. The number of aryl methyl sites for hydroxylation is 2. The van der Waals surface area contributed by atoms with Gasteiger partial charge in [0.15, 0.2) is 11.1 Å². The fourth-order valence-electron chi connectivity index (χ4n) is 1.73. The summed E-state index contributed by atoms with van der Waals surface area (Å²) in [5.41, 5.74) is 3.85. The largest absolute Gasteiger partial charge is 0.302 e. The Morgan fingerprint density at radius 3 is 1.76 bits per heavy atom. The van der Waals surface area contributed by atoms with E-state index in [1.165, 1.54) is 17.5 Å². The highest BCUT2D eigenvalue weighted by molar-refractivity contribution is 7.79. The second-order valence-electron chi connectivity index (χ2n) is 5.43. The lowest BCUT2D eigenvalue weighted by Crippen LogP contribution is -1.88. The van der Waals surface area contributed by atoms with Crippen molar-refractivity contribution in [3.05, 3.63) is 77.9 Å². The SMILES string of the molecule is C.C=CCc1ccc(S(=O)O)cc1.CCC.CCc1ccc(C)cc1. The first-order valence-electron chi connectivity index (χ1n) is 8.34. The molecule has 2 aromatic carbocycles. The minimum Gasteiger partial charge on any atom is -0.302 e. The average Bonchev–Trinajstić information content (AvgIpc) is 2.58. The molecule has 0 bridgehead atoms. The molecule has 0 aliphatic rings. The Kier molecular flexibility index (Phi) is 16.1. The molecule has 2 aromatic rings. The van der Waals surface area contributed by atoms with Crippen molar-refractivity contribution in [1.29, 1.82) is 0 Å². The number of rotatable bonds is 4. The Balaban J connectivity index is 0.